The number of carbonyl (C=O) groups excluding carboxylic acids is 3. The summed E-state index contributed by atoms with van der Waals surface area (Å²) in [5.41, 5.74) is 0. The number of ether oxygens (including phenoxy) is 3. The normalized spacial score (nSPS) is 12.8. The molecule has 0 fully saturated rings. The number of carbonyl (C=O) groups is 3. The third kappa shape index (κ3) is 60.9. The summed E-state index contributed by atoms with van der Waals surface area (Å²) in [7, 11) is 0. The fourth-order valence-corrected chi connectivity index (χ4v) is 8.71. The molecular weight excluding hydrogens is 937 g/mol. The maximum atomic E-state index is 12.8. The lowest BCUT2D eigenvalue weighted by Gasteiger charge is -2.18. The van der Waals surface area contributed by atoms with Gasteiger partial charge in [-0.3, -0.25) is 14.4 Å². The topological polar surface area (TPSA) is 78.9 Å². The van der Waals surface area contributed by atoms with E-state index in [0.29, 0.717) is 19.3 Å². The standard InChI is InChI=1S/C70H118O6/c1-4-7-10-13-16-19-22-25-26-27-28-29-30-31-32-33-34-35-36-37-38-39-40-41-42-43-44-46-48-51-54-57-60-63-69(72)75-66-67(65-74-68(71)62-59-56-53-50-47-24-21-18-15-12-9-6-3)76-70(73)64-61-58-55-52-49-45-23-20-17-14-11-8-5-2/h7,10-11,14,16,18-21,23,25-26,28-29,31-32,34-35,67H,4-6,8-9,12-13,15,17,22,24,27,30,33,36-66H2,1-3H3/b10-7-,14-11-,19-16-,21-18-,23-20-,26-25-,29-28-,32-31-,35-34-. The smallest absolute Gasteiger partial charge is 0.306 e. The van der Waals surface area contributed by atoms with Crippen molar-refractivity contribution in [2.24, 2.45) is 0 Å². The molecule has 0 aliphatic carbocycles. The molecule has 0 bridgehead atoms. The Hall–Kier alpha value is -3.93. The second-order valence-electron chi connectivity index (χ2n) is 20.9. The van der Waals surface area contributed by atoms with Crippen molar-refractivity contribution in [2.75, 3.05) is 13.2 Å². The monoisotopic (exact) mass is 1050 g/mol. The van der Waals surface area contributed by atoms with Gasteiger partial charge in [-0.15, -0.1) is 0 Å². The lowest BCUT2D eigenvalue weighted by atomic mass is 10.0. The molecule has 434 valence electrons. The first-order valence-corrected chi connectivity index (χ1v) is 31.9. The molecule has 0 saturated carbocycles. The highest BCUT2D eigenvalue weighted by molar-refractivity contribution is 5.71. The Labute approximate surface area is 470 Å². The molecule has 0 rings (SSSR count). The number of hydrogen-bond donors (Lipinski definition) is 0. The van der Waals surface area contributed by atoms with Crippen molar-refractivity contribution in [3.05, 3.63) is 109 Å². The van der Waals surface area contributed by atoms with Crippen LogP contribution in [0.25, 0.3) is 0 Å². The van der Waals surface area contributed by atoms with Gasteiger partial charge in [0.25, 0.3) is 0 Å². The molecule has 0 N–H and O–H groups in total. The molecule has 6 heteroatoms. The van der Waals surface area contributed by atoms with Crippen LogP contribution in [0, 0.1) is 0 Å². The summed E-state index contributed by atoms with van der Waals surface area (Å²) < 4.78 is 16.9. The van der Waals surface area contributed by atoms with Gasteiger partial charge in [-0.2, -0.15) is 0 Å². The minimum absolute atomic E-state index is 0.0854. The van der Waals surface area contributed by atoms with E-state index in [1.165, 1.54) is 122 Å². The van der Waals surface area contributed by atoms with Crippen LogP contribution in [0.1, 0.15) is 297 Å². The molecule has 0 radical (unpaired) electrons. The average molecular weight is 1060 g/mol. The summed E-state index contributed by atoms with van der Waals surface area (Å²) in [4.78, 5) is 38.2. The van der Waals surface area contributed by atoms with Gasteiger partial charge in [-0.25, -0.2) is 0 Å². The number of esters is 3. The maximum absolute atomic E-state index is 12.8. The van der Waals surface area contributed by atoms with Gasteiger partial charge in [0, 0.05) is 19.3 Å². The minimum atomic E-state index is -0.788. The summed E-state index contributed by atoms with van der Waals surface area (Å²) >= 11 is 0. The third-order valence-corrected chi connectivity index (χ3v) is 13.5. The number of rotatable bonds is 57. The van der Waals surface area contributed by atoms with E-state index in [9.17, 15) is 14.4 Å². The van der Waals surface area contributed by atoms with E-state index in [0.717, 1.165) is 135 Å². The summed E-state index contributed by atoms with van der Waals surface area (Å²) in [6, 6.07) is 0. The quantitative estimate of drug-likeness (QED) is 0.0261. The zero-order valence-corrected chi connectivity index (χ0v) is 49.7. The first kappa shape index (κ1) is 72.1. The predicted octanol–water partition coefficient (Wildman–Crippen LogP) is 21.8. The van der Waals surface area contributed by atoms with Crippen LogP contribution < -0.4 is 0 Å². The van der Waals surface area contributed by atoms with Crippen LogP contribution in [-0.4, -0.2) is 37.2 Å². The summed E-state index contributed by atoms with van der Waals surface area (Å²) in [6.45, 7) is 6.43. The second-order valence-corrected chi connectivity index (χ2v) is 20.9. The van der Waals surface area contributed by atoms with Crippen molar-refractivity contribution >= 4 is 17.9 Å². The Kier molecular flexibility index (Phi) is 60.3. The SMILES string of the molecule is CC/C=C\C/C=C\C/C=C\C/C=C\C/C=C\C/C=C\CCCCCCCCCCCCCCCCC(=O)OCC(COC(=O)CCCCCCC/C=C\CCCCC)OC(=O)CCCCCCC/C=C\C/C=C\CCC. The number of hydrogen-bond acceptors (Lipinski definition) is 6. The predicted molar refractivity (Wildman–Crippen MR) is 330 cm³/mol. The van der Waals surface area contributed by atoms with Crippen molar-refractivity contribution < 1.29 is 28.6 Å². The number of allylic oxidation sites excluding steroid dienone is 18. The second kappa shape index (κ2) is 63.6. The Balaban J connectivity index is 4.15. The van der Waals surface area contributed by atoms with Gasteiger partial charge < -0.3 is 14.2 Å². The van der Waals surface area contributed by atoms with Crippen molar-refractivity contribution in [1.82, 2.24) is 0 Å². The molecule has 0 aliphatic heterocycles. The van der Waals surface area contributed by atoms with Crippen molar-refractivity contribution in [2.45, 2.75) is 303 Å². The van der Waals surface area contributed by atoms with Gasteiger partial charge in [0.2, 0.25) is 0 Å². The lowest BCUT2D eigenvalue weighted by molar-refractivity contribution is -0.167. The van der Waals surface area contributed by atoms with Crippen molar-refractivity contribution in [3.8, 4) is 0 Å². The van der Waals surface area contributed by atoms with Gasteiger partial charge >= 0.3 is 17.9 Å². The van der Waals surface area contributed by atoms with Crippen LogP contribution in [0.4, 0.5) is 0 Å². The molecule has 76 heavy (non-hydrogen) atoms. The largest absolute Gasteiger partial charge is 0.462 e. The highest BCUT2D eigenvalue weighted by Crippen LogP contribution is 2.16. The summed E-state index contributed by atoms with van der Waals surface area (Å²) in [6.07, 6.45) is 86.8. The molecule has 0 aromatic heterocycles. The van der Waals surface area contributed by atoms with E-state index in [1.54, 1.807) is 0 Å². The molecule has 0 heterocycles. The molecule has 0 amide bonds. The molecule has 0 saturated heterocycles. The first-order valence-electron chi connectivity index (χ1n) is 31.9. The van der Waals surface area contributed by atoms with Gasteiger partial charge in [-0.1, -0.05) is 265 Å². The number of unbranched alkanes of at least 4 members (excludes halogenated alkanes) is 28. The molecule has 0 spiro atoms. The molecule has 0 aromatic rings. The molecule has 1 atom stereocenters. The van der Waals surface area contributed by atoms with Crippen molar-refractivity contribution in [3.63, 3.8) is 0 Å². The Morgan fingerprint density at radius 3 is 0.868 bits per heavy atom. The van der Waals surface area contributed by atoms with Gasteiger partial charge in [0.15, 0.2) is 6.10 Å². The van der Waals surface area contributed by atoms with E-state index < -0.39 is 6.10 Å². The molecule has 6 nitrogen and oxygen atoms in total. The van der Waals surface area contributed by atoms with Crippen LogP contribution in [0.3, 0.4) is 0 Å². The van der Waals surface area contributed by atoms with Crippen LogP contribution >= 0.6 is 0 Å². The highest BCUT2D eigenvalue weighted by atomic mass is 16.6. The fourth-order valence-electron chi connectivity index (χ4n) is 8.71. The van der Waals surface area contributed by atoms with E-state index in [-0.39, 0.29) is 31.1 Å². The van der Waals surface area contributed by atoms with Gasteiger partial charge in [0.1, 0.15) is 13.2 Å². The Morgan fingerprint density at radius 1 is 0.276 bits per heavy atom. The Bertz CT molecular complexity index is 1540. The Morgan fingerprint density at radius 2 is 0.539 bits per heavy atom. The third-order valence-electron chi connectivity index (χ3n) is 13.5. The van der Waals surface area contributed by atoms with Crippen LogP contribution in [0.15, 0.2) is 109 Å². The molecule has 1 unspecified atom stereocenters. The summed E-state index contributed by atoms with van der Waals surface area (Å²) in [5, 5.41) is 0. The van der Waals surface area contributed by atoms with E-state index in [1.807, 2.05) is 0 Å². The van der Waals surface area contributed by atoms with E-state index >= 15 is 0 Å². The van der Waals surface area contributed by atoms with Crippen molar-refractivity contribution in [1.29, 1.82) is 0 Å². The molecule has 0 aliphatic rings. The fraction of sp³-hybridized carbons (Fsp3) is 0.700. The van der Waals surface area contributed by atoms with Crippen LogP contribution in [0.5, 0.6) is 0 Å². The van der Waals surface area contributed by atoms with Gasteiger partial charge in [-0.05, 0) is 122 Å². The van der Waals surface area contributed by atoms with Crippen LogP contribution in [-0.2, 0) is 28.6 Å². The first-order chi connectivity index (χ1) is 37.5. The lowest BCUT2D eigenvalue weighted by Crippen LogP contribution is -2.30. The van der Waals surface area contributed by atoms with Gasteiger partial charge in [0.05, 0.1) is 0 Å². The minimum Gasteiger partial charge on any atom is -0.462 e. The maximum Gasteiger partial charge on any atom is 0.306 e. The average Bonchev–Trinajstić information content (AvgIpc) is 3.42. The van der Waals surface area contributed by atoms with E-state index in [4.69, 9.17) is 14.2 Å². The zero-order valence-electron chi connectivity index (χ0n) is 49.7. The zero-order chi connectivity index (χ0) is 55.0. The van der Waals surface area contributed by atoms with E-state index in [2.05, 4.69) is 130 Å². The molecular formula is C70H118O6. The van der Waals surface area contributed by atoms with Crippen LogP contribution in [0.2, 0.25) is 0 Å². The highest BCUT2D eigenvalue weighted by Gasteiger charge is 2.19. The molecule has 0 aromatic carbocycles. The summed E-state index contributed by atoms with van der Waals surface area (Å²) in [5.74, 6) is -0.905.